The Hall–Kier alpha value is -2.81. The molecule has 9 nitrogen and oxygen atoms in total. The number of hydrogen-bond donors (Lipinski definition) is 2. The Morgan fingerprint density at radius 1 is 1.19 bits per heavy atom. The number of fused-ring (bicyclic) bond motifs is 2. The van der Waals surface area contributed by atoms with E-state index < -0.39 is 0 Å². The molecule has 0 bridgehead atoms. The molecule has 2 aromatic heterocycles. The van der Waals surface area contributed by atoms with E-state index in [2.05, 4.69) is 49.4 Å². The molecule has 0 saturated carbocycles. The van der Waals surface area contributed by atoms with Gasteiger partial charge in [0.25, 0.3) is 0 Å². The molecule has 27 heavy (non-hydrogen) atoms. The fourth-order valence-electron chi connectivity index (χ4n) is 3.38. The molecule has 142 valence electrons. The minimum absolute atomic E-state index is 0.0699. The van der Waals surface area contributed by atoms with E-state index in [0.717, 1.165) is 48.7 Å². The van der Waals surface area contributed by atoms with Crippen molar-refractivity contribution in [2.45, 2.75) is 39.4 Å². The first-order valence-electron chi connectivity index (χ1n) is 9.34. The van der Waals surface area contributed by atoms with Gasteiger partial charge in [-0.05, 0) is 18.1 Å². The van der Waals surface area contributed by atoms with Crippen LogP contribution in [0, 0.1) is 5.92 Å². The molecular weight excluding hydrogens is 344 g/mol. The number of nitrogens with zero attached hydrogens (tertiary/aromatic N) is 6. The van der Waals surface area contributed by atoms with Crippen LogP contribution in [0.1, 0.15) is 31.5 Å². The van der Waals surface area contributed by atoms with Gasteiger partial charge in [-0.3, -0.25) is 4.79 Å². The molecule has 9 heteroatoms. The molecule has 2 N–H and O–H groups in total. The number of benzene rings is 1. The Labute approximate surface area is 157 Å². The maximum Gasteiger partial charge on any atom is 0.244 e. The standard InChI is InChI=1S/C18H24N8O/c1-12(2)17(18-22-21-15-7-8-19-9-10-25(15)18)20-16(27)11-26-23-13-5-3-4-6-14(13)24-26/h3-6,12,17,19H,7-11H2,1-2H3,(H,20,27). The van der Waals surface area contributed by atoms with Gasteiger partial charge in [-0.1, -0.05) is 26.0 Å². The fraction of sp³-hybridized carbons (Fsp3) is 0.500. The molecule has 3 aromatic rings. The first kappa shape index (κ1) is 17.6. The zero-order valence-electron chi connectivity index (χ0n) is 15.6. The Morgan fingerprint density at radius 3 is 2.63 bits per heavy atom. The second-order valence-electron chi connectivity index (χ2n) is 7.13. The highest BCUT2D eigenvalue weighted by molar-refractivity contribution is 5.77. The van der Waals surface area contributed by atoms with E-state index >= 15 is 0 Å². The summed E-state index contributed by atoms with van der Waals surface area (Å²) in [6.07, 6.45) is 0.843. The van der Waals surface area contributed by atoms with E-state index in [4.69, 9.17) is 0 Å². The molecule has 1 unspecified atom stereocenters. The summed E-state index contributed by atoms with van der Waals surface area (Å²) in [7, 11) is 0. The van der Waals surface area contributed by atoms with Crippen LogP contribution >= 0.6 is 0 Å². The molecule has 3 heterocycles. The highest BCUT2D eigenvalue weighted by Gasteiger charge is 2.26. The predicted octanol–water partition coefficient (Wildman–Crippen LogP) is 0.682. The van der Waals surface area contributed by atoms with Crippen molar-refractivity contribution in [3.63, 3.8) is 0 Å². The maximum atomic E-state index is 12.7. The summed E-state index contributed by atoms with van der Waals surface area (Å²) in [4.78, 5) is 14.1. The average molecular weight is 368 g/mol. The number of nitrogens with one attached hydrogen (secondary N) is 2. The van der Waals surface area contributed by atoms with Crippen LogP contribution in [-0.2, 0) is 24.3 Å². The Kier molecular flexibility index (Phi) is 4.85. The second-order valence-corrected chi connectivity index (χ2v) is 7.13. The number of rotatable bonds is 5. The van der Waals surface area contributed by atoms with Gasteiger partial charge in [0.2, 0.25) is 5.91 Å². The molecule has 1 aliphatic heterocycles. The van der Waals surface area contributed by atoms with Crippen LogP contribution < -0.4 is 10.6 Å². The molecule has 4 rings (SSSR count). The summed E-state index contributed by atoms with van der Waals surface area (Å²) in [6, 6.07) is 7.37. The first-order valence-corrected chi connectivity index (χ1v) is 9.34. The van der Waals surface area contributed by atoms with E-state index in [0.29, 0.717) is 0 Å². The van der Waals surface area contributed by atoms with Crippen molar-refractivity contribution in [2.24, 2.45) is 5.92 Å². The number of carbonyl (C=O) groups is 1. The van der Waals surface area contributed by atoms with Crippen LogP contribution in [0.15, 0.2) is 24.3 Å². The number of carbonyl (C=O) groups excluding carboxylic acids is 1. The van der Waals surface area contributed by atoms with Crippen LogP contribution in [0.3, 0.4) is 0 Å². The van der Waals surface area contributed by atoms with Gasteiger partial charge < -0.3 is 15.2 Å². The fourth-order valence-corrected chi connectivity index (χ4v) is 3.38. The van der Waals surface area contributed by atoms with Crippen molar-refractivity contribution in [1.82, 2.24) is 40.4 Å². The van der Waals surface area contributed by atoms with E-state index in [1.54, 1.807) is 0 Å². The van der Waals surface area contributed by atoms with Gasteiger partial charge in [-0.15, -0.1) is 10.2 Å². The third-order valence-corrected chi connectivity index (χ3v) is 4.77. The molecule has 0 fully saturated rings. The molecule has 1 atom stereocenters. The van der Waals surface area contributed by atoms with E-state index in [1.807, 2.05) is 24.3 Å². The van der Waals surface area contributed by atoms with Crippen LogP contribution in [0.25, 0.3) is 11.0 Å². The molecule has 0 aliphatic carbocycles. The van der Waals surface area contributed by atoms with Crippen LogP contribution in [0.5, 0.6) is 0 Å². The Bertz CT molecular complexity index is 911. The van der Waals surface area contributed by atoms with Crippen molar-refractivity contribution < 1.29 is 4.79 Å². The van der Waals surface area contributed by atoms with Crippen LogP contribution in [-0.4, -0.2) is 48.8 Å². The van der Waals surface area contributed by atoms with Crippen molar-refractivity contribution in [1.29, 1.82) is 0 Å². The highest BCUT2D eigenvalue weighted by Crippen LogP contribution is 2.21. The minimum Gasteiger partial charge on any atom is -0.344 e. The molecule has 0 spiro atoms. The molecule has 1 aromatic carbocycles. The minimum atomic E-state index is -0.207. The van der Waals surface area contributed by atoms with Gasteiger partial charge in [0, 0.05) is 26.1 Å². The van der Waals surface area contributed by atoms with Gasteiger partial charge in [0.05, 0.1) is 6.04 Å². The largest absolute Gasteiger partial charge is 0.344 e. The topological polar surface area (TPSA) is 103 Å². The number of amides is 1. The number of hydrogen-bond acceptors (Lipinski definition) is 6. The highest BCUT2D eigenvalue weighted by atomic mass is 16.2. The monoisotopic (exact) mass is 368 g/mol. The van der Waals surface area contributed by atoms with Gasteiger partial charge in [0.15, 0.2) is 5.82 Å². The van der Waals surface area contributed by atoms with Crippen LogP contribution in [0.2, 0.25) is 0 Å². The lowest BCUT2D eigenvalue weighted by molar-refractivity contribution is -0.123. The summed E-state index contributed by atoms with van der Waals surface area (Å²) >= 11 is 0. The quantitative estimate of drug-likeness (QED) is 0.687. The number of aromatic nitrogens is 6. The average Bonchev–Trinajstić information content (AvgIpc) is 3.15. The molecule has 1 aliphatic rings. The van der Waals surface area contributed by atoms with Crippen molar-refractivity contribution in [3.05, 3.63) is 35.9 Å². The summed E-state index contributed by atoms with van der Waals surface area (Å²) < 4.78 is 2.13. The molecular formula is C18H24N8O. The summed E-state index contributed by atoms with van der Waals surface area (Å²) in [5.74, 6) is 1.83. The molecule has 0 radical (unpaired) electrons. The lowest BCUT2D eigenvalue weighted by atomic mass is 10.0. The van der Waals surface area contributed by atoms with Gasteiger partial charge in [-0.2, -0.15) is 15.0 Å². The van der Waals surface area contributed by atoms with Crippen molar-refractivity contribution in [2.75, 3.05) is 13.1 Å². The van der Waals surface area contributed by atoms with E-state index in [1.165, 1.54) is 4.80 Å². The van der Waals surface area contributed by atoms with Gasteiger partial charge in [0.1, 0.15) is 23.4 Å². The zero-order valence-corrected chi connectivity index (χ0v) is 15.6. The van der Waals surface area contributed by atoms with Crippen molar-refractivity contribution in [3.8, 4) is 0 Å². The third-order valence-electron chi connectivity index (χ3n) is 4.77. The predicted molar refractivity (Wildman–Crippen MR) is 99.8 cm³/mol. The Morgan fingerprint density at radius 2 is 1.93 bits per heavy atom. The summed E-state index contributed by atoms with van der Waals surface area (Å²) in [5, 5.41) is 23.9. The Balaban J connectivity index is 1.51. The second kappa shape index (κ2) is 7.43. The SMILES string of the molecule is CC(C)C(NC(=O)Cn1nc2ccccc2n1)c1nnc2n1CCNCC2. The summed E-state index contributed by atoms with van der Waals surface area (Å²) in [5.41, 5.74) is 1.56. The lowest BCUT2D eigenvalue weighted by Gasteiger charge is -2.22. The first-order chi connectivity index (χ1) is 13.1. The van der Waals surface area contributed by atoms with Crippen molar-refractivity contribution >= 4 is 16.9 Å². The lowest BCUT2D eigenvalue weighted by Crippen LogP contribution is -2.36. The summed E-state index contributed by atoms with van der Waals surface area (Å²) in [6.45, 7) is 6.79. The third kappa shape index (κ3) is 3.68. The maximum absolute atomic E-state index is 12.7. The normalized spacial score (nSPS) is 15.5. The van der Waals surface area contributed by atoms with E-state index in [-0.39, 0.29) is 24.4 Å². The zero-order chi connectivity index (χ0) is 18.8. The van der Waals surface area contributed by atoms with Gasteiger partial charge >= 0.3 is 0 Å². The van der Waals surface area contributed by atoms with E-state index in [9.17, 15) is 4.79 Å². The molecule has 1 amide bonds. The molecule has 0 saturated heterocycles. The van der Waals surface area contributed by atoms with Gasteiger partial charge in [-0.25, -0.2) is 0 Å². The van der Waals surface area contributed by atoms with Crippen LogP contribution in [0.4, 0.5) is 0 Å². The smallest absolute Gasteiger partial charge is 0.244 e.